The van der Waals surface area contributed by atoms with Gasteiger partial charge >= 0.3 is 5.97 Å². The third-order valence-corrected chi connectivity index (χ3v) is 5.34. The van der Waals surface area contributed by atoms with E-state index in [1.807, 2.05) is 24.3 Å². The van der Waals surface area contributed by atoms with E-state index in [1.165, 1.54) is 0 Å². The van der Waals surface area contributed by atoms with Gasteiger partial charge in [0.15, 0.2) is 6.61 Å². The summed E-state index contributed by atoms with van der Waals surface area (Å²) < 4.78 is 10.3. The van der Waals surface area contributed by atoms with E-state index < -0.39 is 5.97 Å². The number of benzene rings is 2. The summed E-state index contributed by atoms with van der Waals surface area (Å²) in [5, 5.41) is 3.75. The summed E-state index contributed by atoms with van der Waals surface area (Å²) in [6.45, 7) is -0.347. The fourth-order valence-electron chi connectivity index (χ4n) is 2.97. The first kappa shape index (κ1) is 20.5. The quantitative estimate of drug-likeness (QED) is 0.643. The number of carbonyl (C=O) groups is 2. The van der Waals surface area contributed by atoms with Crippen LogP contribution in [-0.2, 0) is 20.7 Å². The van der Waals surface area contributed by atoms with Gasteiger partial charge in [-0.1, -0.05) is 41.4 Å². The second-order valence-corrected chi connectivity index (χ2v) is 7.51. The van der Waals surface area contributed by atoms with Gasteiger partial charge in [-0.3, -0.25) is 9.59 Å². The first-order chi connectivity index (χ1) is 13.5. The lowest BCUT2D eigenvalue weighted by Gasteiger charge is -2.19. The van der Waals surface area contributed by atoms with Crippen LogP contribution in [0.2, 0.25) is 10.0 Å². The molecule has 1 N–H and O–H groups in total. The van der Waals surface area contributed by atoms with Crippen molar-refractivity contribution in [3.63, 3.8) is 0 Å². The van der Waals surface area contributed by atoms with E-state index in [0.29, 0.717) is 21.5 Å². The number of methoxy groups -OCH3 is 1. The summed E-state index contributed by atoms with van der Waals surface area (Å²) in [5.74, 6) is 0.260. The summed E-state index contributed by atoms with van der Waals surface area (Å²) >= 11 is 12.1. The zero-order valence-corrected chi connectivity index (χ0v) is 16.9. The van der Waals surface area contributed by atoms with Gasteiger partial charge in [-0.25, -0.2) is 0 Å². The van der Waals surface area contributed by atoms with Gasteiger partial charge in [0.05, 0.1) is 19.6 Å². The first-order valence-corrected chi connectivity index (χ1v) is 9.75. The summed E-state index contributed by atoms with van der Waals surface area (Å²) in [4.78, 5) is 24.4. The molecule has 0 aliphatic heterocycles. The summed E-state index contributed by atoms with van der Waals surface area (Å²) in [6.07, 6.45) is 2.03. The van der Waals surface area contributed by atoms with Crippen LogP contribution in [0.3, 0.4) is 0 Å². The summed E-state index contributed by atoms with van der Waals surface area (Å²) in [7, 11) is 1.61. The van der Waals surface area contributed by atoms with Crippen LogP contribution in [0.15, 0.2) is 42.5 Å². The highest BCUT2D eigenvalue weighted by atomic mass is 35.5. The lowest BCUT2D eigenvalue weighted by Crippen LogP contribution is -2.33. The number of nitrogens with one attached hydrogen (secondary N) is 1. The number of hydrogen-bond acceptors (Lipinski definition) is 4. The maximum Gasteiger partial charge on any atom is 0.310 e. The van der Waals surface area contributed by atoms with E-state index in [2.05, 4.69) is 5.32 Å². The Hall–Kier alpha value is -2.24. The number of rotatable bonds is 8. The largest absolute Gasteiger partial charge is 0.497 e. The van der Waals surface area contributed by atoms with E-state index in [-0.39, 0.29) is 25.0 Å². The molecule has 0 radical (unpaired) electrons. The highest BCUT2D eigenvalue weighted by Gasteiger charge is 2.33. The molecule has 5 nitrogen and oxygen atoms in total. The van der Waals surface area contributed by atoms with Crippen molar-refractivity contribution in [3.8, 4) is 5.75 Å². The SMILES string of the molecule is COc1ccc(C(NC(=O)COC(=O)Cc2c(Cl)cccc2Cl)C2CC2)cc1. The van der Waals surface area contributed by atoms with Crippen molar-refractivity contribution < 1.29 is 19.1 Å². The van der Waals surface area contributed by atoms with Crippen LogP contribution in [-0.4, -0.2) is 25.6 Å². The predicted molar refractivity (Wildman–Crippen MR) is 108 cm³/mol. The monoisotopic (exact) mass is 421 g/mol. The zero-order chi connectivity index (χ0) is 20.1. The van der Waals surface area contributed by atoms with Crippen LogP contribution in [0.1, 0.15) is 30.0 Å². The molecule has 0 bridgehead atoms. The highest BCUT2D eigenvalue weighted by molar-refractivity contribution is 6.36. The zero-order valence-electron chi connectivity index (χ0n) is 15.4. The molecular formula is C21H21Cl2NO4. The van der Waals surface area contributed by atoms with E-state index in [0.717, 1.165) is 24.2 Å². The van der Waals surface area contributed by atoms with E-state index >= 15 is 0 Å². The Labute approximate surface area is 173 Å². The van der Waals surface area contributed by atoms with Crippen LogP contribution in [0.5, 0.6) is 5.75 Å². The molecule has 0 saturated heterocycles. The lowest BCUT2D eigenvalue weighted by molar-refractivity contribution is -0.148. The molecule has 0 heterocycles. The first-order valence-electron chi connectivity index (χ1n) is 8.99. The standard InChI is InChI=1S/C21H21Cl2NO4/c1-27-15-9-7-14(8-10-15)21(13-5-6-13)24-19(25)12-28-20(26)11-16-17(22)3-2-4-18(16)23/h2-4,7-10,13,21H,5-6,11-12H2,1H3,(H,24,25). The number of carbonyl (C=O) groups excluding carboxylic acids is 2. The number of amides is 1. The third kappa shape index (κ3) is 5.40. The number of ether oxygens (including phenoxy) is 2. The van der Waals surface area contributed by atoms with Crippen molar-refractivity contribution in [2.45, 2.75) is 25.3 Å². The normalized spacial score (nSPS) is 14.2. The van der Waals surface area contributed by atoms with Gasteiger partial charge in [0.25, 0.3) is 5.91 Å². The van der Waals surface area contributed by atoms with Crippen LogP contribution in [0.4, 0.5) is 0 Å². The Morgan fingerprint density at radius 3 is 2.32 bits per heavy atom. The maximum atomic E-state index is 12.3. The number of halogens is 2. The minimum Gasteiger partial charge on any atom is -0.497 e. The molecule has 0 aromatic heterocycles. The van der Waals surface area contributed by atoms with Crippen LogP contribution < -0.4 is 10.1 Å². The number of esters is 1. The Morgan fingerprint density at radius 1 is 1.11 bits per heavy atom. The Balaban J connectivity index is 1.54. The fraction of sp³-hybridized carbons (Fsp3) is 0.333. The Bertz CT molecular complexity index is 830. The molecule has 1 unspecified atom stereocenters. The molecule has 3 rings (SSSR count). The molecule has 1 amide bonds. The van der Waals surface area contributed by atoms with Crippen molar-refractivity contribution >= 4 is 35.1 Å². The molecule has 1 fully saturated rings. The lowest BCUT2D eigenvalue weighted by atomic mass is 10.0. The maximum absolute atomic E-state index is 12.3. The second kappa shape index (κ2) is 9.30. The average molecular weight is 422 g/mol. The van der Waals surface area contributed by atoms with Gasteiger partial charge in [-0.05, 0) is 48.6 Å². The van der Waals surface area contributed by atoms with Crippen molar-refractivity contribution in [1.29, 1.82) is 0 Å². The van der Waals surface area contributed by atoms with E-state index in [4.69, 9.17) is 32.7 Å². The molecule has 7 heteroatoms. The molecule has 1 atom stereocenters. The van der Waals surface area contributed by atoms with Gasteiger partial charge in [0.2, 0.25) is 0 Å². The predicted octanol–water partition coefficient (Wildman–Crippen LogP) is 4.36. The van der Waals surface area contributed by atoms with Crippen LogP contribution in [0, 0.1) is 5.92 Å². The molecule has 0 spiro atoms. The Kier molecular flexibility index (Phi) is 6.81. The van der Waals surface area contributed by atoms with Gasteiger partial charge in [-0.15, -0.1) is 0 Å². The van der Waals surface area contributed by atoms with E-state index in [1.54, 1.807) is 25.3 Å². The summed E-state index contributed by atoms with van der Waals surface area (Å²) in [5.41, 5.74) is 1.50. The Morgan fingerprint density at radius 2 is 1.75 bits per heavy atom. The molecule has 28 heavy (non-hydrogen) atoms. The summed E-state index contributed by atoms with van der Waals surface area (Å²) in [6, 6.07) is 12.5. The van der Waals surface area contributed by atoms with Crippen molar-refractivity contribution in [2.75, 3.05) is 13.7 Å². The van der Waals surface area contributed by atoms with Crippen molar-refractivity contribution in [1.82, 2.24) is 5.32 Å². The topological polar surface area (TPSA) is 64.6 Å². The molecule has 2 aromatic rings. The van der Waals surface area contributed by atoms with Gasteiger partial charge in [0, 0.05) is 15.6 Å². The minimum absolute atomic E-state index is 0.0870. The van der Waals surface area contributed by atoms with Crippen molar-refractivity contribution in [2.24, 2.45) is 5.92 Å². The van der Waals surface area contributed by atoms with Crippen LogP contribution >= 0.6 is 23.2 Å². The second-order valence-electron chi connectivity index (χ2n) is 6.69. The average Bonchev–Trinajstić information content (AvgIpc) is 3.53. The molecule has 148 valence electrons. The molecule has 2 aromatic carbocycles. The highest BCUT2D eigenvalue weighted by Crippen LogP contribution is 2.41. The van der Waals surface area contributed by atoms with Gasteiger partial charge < -0.3 is 14.8 Å². The van der Waals surface area contributed by atoms with E-state index in [9.17, 15) is 9.59 Å². The number of hydrogen-bond donors (Lipinski definition) is 1. The molecule has 1 aliphatic carbocycles. The molecule has 1 aliphatic rings. The van der Waals surface area contributed by atoms with Gasteiger partial charge in [0.1, 0.15) is 5.75 Å². The molecular weight excluding hydrogens is 401 g/mol. The van der Waals surface area contributed by atoms with Gasteiger partial charge in [-0.2, -0.15) is 0 Å². The smallest absolute Gasteiger partial charge is 0.310 e. The van der Waals surface area contributed by atoms with Crippen molar-refractivity contribution in [3.05, 3.63) is 63.6 Å². The molecule has 1 saturated carbocycles. The van der Waals surface area contributed by atoms with Crippen LogP contribution in [0.25, 0.3) is 0 Å². The fourth-order valence-corrected chi connectivity index (χ4v) is 3.50. The third-order valence-electron chi connectivity index (χ3n) is 4.63. The minimum atomic E-state index is -0.558.